The molecule has 0 bridgehead atoms. The fraction of sp³-hybridized carbons (Fsp3) is 0.111. The number of sulfone groups is 1. The third-order valence-electron chi connectivity index (χ3n) is 1.73. The topological polar surface area (TPSA) is 125 Å². The third-order valence-corrected chi connectivity index (χ3v) is 3.59. The summed E-state index contributed by atoms with van der Waals surface area (Å²) in [6.45, 7) is 0. The summed E-state index contributed by atoms with van der Waals surface area (Å²) in [4.78, 5) is 15.3. The number of hydrogen-bond acceptors (Lipinski definition) is 5. The molecule has 0 atom stereocenters. The number of carbonyl (C=O) groups is 1. The first-order chi connectivity index (χ1) is 8.31. The van der Waals surface area contributed by atoms with E-state index in [1.165, 1.54) is 24.3 Å². The average Bonchev–Trinajstić information content (AvgIpc) is 2.26. The molecule has 0 saturated heterocycles. The Labute approximate surface area is 108 Å². The van der Waals surface area contributed by atoms with Crippen LogP contribution in [0.2, 0.25) is 5.02 Å². The van der Waals surface area contributed by atoms with Crippen molar-refractivity contribution in [3.8, 4) is 0 Å². The van der Waals surface area contributed by atoms with E-state index in [0.29, 0.717) is 5.02 Å². The van der Waals surface area contributed by atoms with Crippen molar-refractivity contribution >= 4 is 33.4 Å². The van der Waals surface area contributed by atoms with Crippen molar-refractivity contribution in [3.05, 3.63) is 29.3 Å². The number of hydrogen-bond donors (Lipinski definition) is 2. The van der Waals surface area contributed by atoms with E-state index in [1.54, 1.807) is 0 Å². The maximum absolute atomic E-state index is 11.7. The number of oxime groups is 1. The van der Waals surface area contributed by atoms with E-state index in [4.69, 9.17) is 23.1 Å². The number of carbonyl (C=O) groups excluding carboxylic acids is 1. The molecule has 0 heterocycles. The SMILES string of the molecule is NC(N)=NOC(=O)CS(=O)(=O)c1ccc(Cl)cc1. The van der Waals surface area contributed by atoms with Gasteiger partial charge >= 0.3 is 5.97 Å². The highest BCUT2D eigenvalue weighted by Crippen LogP contribution is 2.15. The van der Waals surface area contributed by atoms with E-state index in [-0.39, 0.29) is 4.90 Å². The van der Waals surface area contributed by atoms with Crippen molar-refractivity contribution in [2.75, 3.05) is 5.75 Å². The van der Waals surface area contributed by atoms with Crippen molar-refractivity contribution in [2.24, 2.45) is 16.6 Å². The molecule has 7 nitrogen and oxygen atoms in total. The molecule has 0 fully saturated rings. The molecule has 4 N–H and O–H groups in total. The molecule has 0 aromatic heterocycles. The molecular formula is C9H10ClN3O4S. The second-order valence-electron chi connectivity index (χ2n) is 3.19. The standard InChI is InChI=1S/C9H10ClN3O4S/c10-6-1-3-7(4-2-6)18(15,16)5-8(14)17-13-9(11)12/h1-4H,5H2,(H4,11,12,13). The van der Waals surface area contributed by atoms with Crippen molar-refractivity contribution in [2.45, 2.75) is 4.90 Å². The van der Waals surface area contributed by atoms with Crippen LogP contribution in [-0.2, 0) is 19.5 Å². The molecule has 0 aliphatic heterocycles. The van der Waals surface area contributed by atoms with Gasteiger partial charge in [0.1, 0.15) is 0 Å². The normalized spacial score (nSPS) is 10.7. The summed E-state index contributed by atoms with van der Waals surface area (Å²) in [6, 6.07) is 5.36. The first kappa shape index (κ1) is 14.3. The van der Waals surface area contributed by atoms with Gasteiger partial charge in [-0.2, -0.15) is 0 Å². The molecular weight excluding hydrogens is 282 g/mol. The number of nitrogens with two attached hydrogens (primary N) is 2. The van der Waals surface area contributed by atoms with Crippen LogP contribution in [0.3, 0.4) is 0 Å². The lowest BCUT2D eigenvalue weighted by molar-refractivity contribution is -0.140. The van der Waals surface area contributed by atoms with Crippen LogP contribution in [-0.4, -0.2) is 26.1 Å². The predicted molar refractivity (Wildman–Crippen MR) is 65.4 cm³/mol. The van der Waals surface area contributed by atoms with Gasteiger partial charge in [0, 0.05) is 5.02 Å². The zero-order valence-corrected chi connectivity index (χ0v) is 10.6. The van der Waals surface area contributed by atoms with Crippen LogP contribution in [0.1, 0.15) is 0 Å². The minimum Gasteiger partial charge on any atom is -0.367 e. The molecule has 0 aliphatic rings. The van der Waals surface area contributed by atoms with Gasteiger partial charge in [0.05, 0.1) is 4.90 Å². The average molecular weight is 292 g/mol. The van der Waals surface area contributed by atoms with Gasteiger partial charge in [0.25, 0.3) is 0 Å². The number of nitrogens with zero attached hydrogens (tertiary/aromatic N) is 1. The Balaban J connectivity index is 2.79. The van der Waals surface area contributed by atoms with Crippen LogP contribution in [0, 0.1) is 0 Å². The number of halogens is 1. The number of rotatable bonds is 4. The molecule has 18 heavy (non-hydrogen) atoms. The molecule has 1 aromatic rings. The summed E-state index contributed by atoms with van der Waals surface area (Å²) in [5.41, 5.74) is 9.84. The quantitative estimate of drug-likeness (QED) is 0.344. The van der Waals surface area contributed by atoms with E-state index < -0.39 is 27.5 Å². The maximum Gasteiger partial charge on any atom is 0.350 e. The summed E-state index contributed by atoms with van der Waals surface area (Å²) >= 11 is 5.62. The van der Waals surface area contributed by atoms with Crippen molar-refractivity contribution in [3.63, 3.8) is 0 Å². The zero-order chi connectivity index (χ0) is 13.8. The summed E-state index contributed by atoms with van der Waals surface area (Å²) in [7, 11) is -3.81. The first-order valence-electron chi connectivity index (χ1n) is 4.58. The molecule has 0 amide bonds. The van der Waals surface area contributed by atoms with Crippen molar-refractivity contribution < 1.29 is 18.0 Å². The van der Waals surface area contributed by atoms with Crippen molar-refractivity contribution in [1.29, 1.82) is 0 Å². The summed E-state index contributed by atoms with van der Waals surface area (Å²) in [5.74, 6) is -2.43. The van der Waals surface area contributed by atoms with Gasteiger partial charge in [-0.05, 0) is 29.4 Å². The highest BCUT2D eigenvalue weighted by Gasteiger charge is 2.20. The van der Waals surface area contributed by atoms with Gasteiger partial charge in [-0.25, -0.2) is 13.2 Å². The van der Waals surface area contributed by atoms with E-state index in [1.807, 2.05) is 0 Å². The Morgan fingerprint density at radius 3 is 2.33 bits per heavy atom. The first-order valence-corrected chi connectivity index (χ1v) is 6.61. The molecule has 0 unspecified atom stereocenters. The Morgan fingerprint density at radius 2 is 1.83 bits per heavy atom. The zero-order valence-electron chi connectivity index (χ0n) is 9.04. The van der Waals surface area contributed by atoms with Crippen LogP contribution in [0.15, 0.2) is 34.3 Å². The fourth-order valence-corrected chi connectivity index (χ4v) is 2.22. The largest absolute Gasteiger partial charge is 0.367 e. The highest BCUT2D eigenvalue weighted by atomic mass is 35.5. The minimum absolute atomic E-state index is 0.0476. The van der Waals surface area contributed by atoms with E-state index in [0.717, 1.165) is 0 Å². The van der Waals surface area contributed by atoms with Gasteiger partial charge in [-0.1, -0.05) is 11.6 Å². The minimum atomic E-state index is -3.81. The second kappa shape index (κ2) is 5.69. The molecule has 0 spiro atoms. The molecule has 1 rings (SSSR count). The smallest absolute Gasteiger partial charge is 0.350 e. The summed E-state index contributed by atoms with van der Waals surface area (Å²) in [6.07, 6.45) is 0. The van der Waals surface area contributed by atoms with Gasteiger partial charge < -0.3 is 16.3 Å². The number of guanidine groups is 1. The summed E-state index contributed by atoms with van der Waals surface area (Å²) < 4.78 is 23.5. The lowest BCUT2D eigenvalue weighted by atomic mass is 10.4. The van der Waals surface area contributed by atoms with E-state index in [2.05, 4.69) is 9.99 Å². The van der Waals surface area contributed by atoms with Crippen LogP contribution >= 0.6 is 11.6 Å². The van der Waals surface area contributed by atoms with Gasteiger partial charge in [0.15, 0.2) is 15.6 Å². The number of benzene rings is 1. The molecule has 0 saturated carbocycles. The van der Waals surface area contributed by atoms with Gasteiger partial charge in [-0.3, -0.25) is 0 Å². The maximum atomic E-state index is 11.7. The molecule has 0 aliphatic carbocycles. The monoisotopic (exact) mass is 291 g/mol. The predicted octanol–water partition coefficient (Wildman–Crippen LogP) is -0.155. The van der Waals surface area contributed by atoms with E-state index >= 15 is 0 Å². The Hall–Kier alpha value is -1.80. The summed E-state index contributed by atoms with van der Waals surface area (Å²) in [5, 5.41) is 3.34. The van der Waals surface area contributed by atoms with Crippen LogP contribution < -0.4 is 11.5 Å². The molecule has 9 heteroatoms. The molecule has 0 radical (unpaired) electrons. The van der Waals surface area contributed by atoms with Crippen molar-refractivity contribution in [1.82, 2.24) is 0 Å². The molecule has 1 aromatic carbocycles. The third kappa shape index (κ3) is 4.22. The fourth-order valence-electron chi connectivity index (χ4n) is 1.01. The highest BCUT2D eigenvalue weighted by molar-refractivity contribution is 7.92. The van der Waals surface area contributed by atoms with Gasteiger partial charge in [0.2, 0.25) is 5.96 Å². The molecule has 98 valence electrons. The van der Waals surface area contributed by atoms with Crippen LogP contribution in [0.25, 0.3) is 0 Å². The Morgan fingerprint density at radius 1 is 1.28 bits per heavy atom. The Kier molecular flexibility index (Phi) is 4.51. The lowest BCUT2D eigenvalue weighted by Crippen LogP contribution is -2.25. The van der Waals surface area contributed by atoms with Gasteiger partial charge in [-0.15, -0.1) is 0 Å². The van der Waals surface area contributed by atoms with E-state index in [9.17, 15) is 13.2 Å². The lowest BCUT2D eigenvalue weighted by Gasteiger charge is -2.02. The van der Waals surface area contributed by atoms with Crippen LogP contribution in [0.4, 0.5) is 0 Å². The van der Waals surface area contributed by atoms with Crippen LogP contribution in [0.5, 0.6) is 0 Å². The second-order valence-corrected chi connectivity index (χ2v) is 5.62. The Bertz CT molecular complexity index is 564.